The fourth-order valence-corrected chi connectivity index (χ4v) is 2.78. The number of nitrogens with two attached hydrogens (primary N) is 1. The molecule has 1 fully saturated rings. The highest BCUT2D eigenvalue weighted by atomic mass is 35.5. The predicted octanol–water partition coefficient (Wildman–Crippen LogP) is 3.36. The second kappa shape index (κ2) is 4.15. The van der Waals surface area contributed by atoms with E-state index in [1.165, 1.54) is 24.8 Å². The molecule has 0 heterocycles. The molecule has 0 amide bonds. The van der Waals surface area contributed by atoms with Crippen molar-refractivity contribution in [3.05, 3.63) is 34.9 Å². The Morgan fingerprint density at radius 2 is 1.93 bits per heavy atom. The quantitative estimate of drug-likeness (QED) is 0.836. The maximum Gasteiger partial charge on any atom is 0.0406 e. The topological polar surface area (TPSA) is 26.0 Å². The van der Waals surface area contributed by atoms with E-state index in [9.17, 15) is 0 Å². The molecule has 0 radical (unpaired) electrons. The molecule has 15 heavy (non-hydrogen) atoms. The maximum absolute atomic E-state index is 5.92. The first-order chi connectivity index (χ1) is 7.20. The molecular weight excluding hydrogens is 206 g/mol. The maximum atomic E-state index is 5.92. The van der Waals surface area contributed by atoms with Crippen LogP contribution in [0, 0.1) is 5.92 Å². The minimum Gasteiger partial charge on any atom is -0.330 e. The highest BCUT2D eigenvalue weighted by molar-refractivity contribution is 6.30. The molecular formula is C13H18ClN. The summed E-state index contributed by atoms with van der Waals surface area (Å²) >= 11 is 5.89. The van der Waals surface area contributed by atoms with Crippen LogP contribution in [-0.2, 0) is 5.41 Å². The number of benzene rings is 1. The monoisotopic (exact) mass is 223 g/mol. The first-order valence-corrected chi connectivity index (χ1v) is 6.04. The fraction of sp³-hybridized carbons (Fsp3) is 0.538. The van der Waals surface area contributed by atoms with Gasteiger partial charge in [-0.2, -0.15) is 0 Å². The van der Waals surface area contributed by atoms with Gasteiger partial charge in [0.15, 0.2) is 0 Å². The van der Waals surface area contributed by atoms with Crippen LogP contribution in [0.1, 0.15) is 31.7 Å². The molecule has 2 heteroatoms. The van der Waals surface area contributed by atoms with Gasteiger partial charge in [-0.05, 0) is 36.5 Å². The summed E-state index contributed by atoms with van der Waals surface area (Å²) in [5.41, 5.74) is 7.52. The Morgan fingerprint density at radius 3 is 2.40 bits per heavy atom. The van der Waals surface area contributed by atoms with E-state index >= 15 is 0 Å². The summed E-state index contributed by atoms with van der Waals surface area (Å²) in [6.07, 6.45) is 3.75. The van der Waals surface area contributed by atoms with Crippen molar-refractivity contribution in [1.29, 1.82) is 0 Å². The van der Waals surface area contributed by atoms with Crippen LogP contribution in [0.25, 0.3) is 0 Å². The van der Waals surface area contributed by atoms with Crippen molar-refractivity contribution in [2.24, 2.45) is 11.7 Å². The van der Waals surface area contributed by atoms with E-state index in [1.807, 2.05) is 12.1 Å². The van der Waals surface area contributed by atoms with Gasteiger partial charge >= 0.3 is 0 Å². The van der Waals surface area contributed by atoms with E-state index in [1.54, 1.807) is 0 Å². The second-order valence-corrected chi connectivity index (χ2v) is 5.11. The predicted molar refractivity (Wildman–Crippen MR) is 65.2 cm³/mol. The van der Waals surface area contributed by atoms with Crippen molar-refractivity contribution in [1.82, 2.24) is 0 Å². The zero-order chi connectivity index (χ0) is 10.9. The van der Waals surface area contributed by atoms with Crippen LogP contribution in [0.3, 0.4) is 0 Å². The summed E-state index contributed by atoms with van der Waals surface area (Å²) in [4.78, 5) is 0. The van der Waals surface area contributed by atoms with Gasteiger partial charge < -0.3 is 5.73 Å². The van der Waals surface area contributed by atoms with Crippen molar-refractivity contribution in [2.45, 2.75) is 31.6 Å². The summed E-state index contributed by atoms with van der Waals surface area (Å²) in [6.45, 7) is 3.01. The second-order valence-electron chi connectivity index (χ2n) is 4.67. The molecule has 2 rings (SSSR count). The lowest BCUT2D eigenvalue weighted by molar-refractivity contribution is 0.144. The molecule has 1 aliphatic rings. The SMILES string of the molecule is CCC1CC(CN)(c2ccc(Cl)cc2)C1. The lowest BCUT2D eigenvalue weighted by Gasteiger charge is -2.47. The van der Waals surface area contributed by atoms with Gasteiger partial charge in [0, 0.05) is 17.0 Å². The first-order valence-electron chi connectivity index (χ1n) is 5.66. The van der Waals surface area contributed by atoms with Gasteiger partial charge in [-0.15, -0.1) is 0 Å². The van der Waals surface area contributed by atoms with Crippen LogP contribution in [-0.4, -0.2) is 6.54 Å². The summed E-state index contributed by atoms with van der Waals surface area (Å²) in [5, 5.41) is 0.803. The summed E-state index contributed by atoms with van der Waals surface area (Å²) < 4.78 is 0. The lowest BCUT2D eigenvalue weighted by Crippen LogP contribution is -2.46. The molecule has 1 aromatic carbocycles. The van der Waals surface area contributed by atoms with Crippen LogP contribution in [0.2, 0.25) is 5.02 Å². The van der Waals surface area contributed by atoms with Crippen molar-refractivity contribution >= 4 is 11.6 Å². The largest absolute Gasteiger partial charge is 0.330 e. The Hall–Kier alpha value is -0.530. The molecule has 0 saturated heterocycles. The molecule has 0 aliphatic heterocycles. The van der Waals surface area contributed by atoms with Gasteiger partial charge in [-0.25, -0.2) is 0 Å². The van der Waals surface area contributed by atoms with Crippen molar-refractivity contribution in [3.8, 4) is 0 Å². The van der Waals surface area contributed by atoms with E-state index in [0.29, 0.717) is 0 Å². The fourth-order valence-electron chi connectivity index (χ4n) is 2.66. The standard InChI is InChI=1S/C13H18ClN/c1-2-10-7-13(8-10,9-15)11-3-5-12(14)6-4-11/h3-6,10H,2,7-9,15H2,1H3. The number of hydrogen-bond donors (Lipinski definition) is 1. The van der Waals surface area contributed by atoms with Gasteiger partial charge in [-0.3, -0.25) is 0 Å². The molecule has 1 saturated carbocycles. The smallest absolute Gasteiger partial charge is 0.0406 e. The van der Waals surface area contributed by atoms with Crippen LogP contribution in [0.4, 0.5) is 0 Å². The molecule has 0 spiro atoms. The Bertz CT molecular complexity index is 325. The zero-order valence-electron chi connectivity index (χ0n) is 9.17. The molecule has 82 valence electrons. The third kappa shape index (κ3) is 1.91. The third-order valence-corrected chi connectivity index (χ3v) is 4.04. The van der Waals surface area contributed by atoms with Gasteiger partial charge in [0.2, 0.25) is 0 Å². The summed E-state index contributed by atoms with van der Waals surface area (Å²) in [7, 11) is 0. The number of rotatable bonds is 3. The Morgan fingerprint density at radius 1 is 1.33 bits per heavy atom. The summed E-state index contributed by atoms with van der Waals surface area (Å²) in [6, 6.07) is 8.18. The average molecular weight is 224 g/mol. The van der Waals surface area contributed by atoms with Crippen LogP contribution in [0.5, 0.6) is 0 Å². The molecule has 0 atom stereocenters. The Kier molecular flexibility index (Phi) is 3.03. The lowest BCUT2D eigenvalue weighted by atomic mass is 9.58. The average Bonchev–Trinajstić information content (AvgIpc) is 2.20. The third-order valence-electron chi connectivity index (χ3n) is 3.78. The molecule has 1 nitrogen and oxygen atoms in total. The minimum atomic E-state index is 0.241. The molecule has 0 aromatic heterocycles. The summed E-state index contributed by atoms with van der Waals surface area (Å²) in [5.74, 6) is 0.865. The van der Waals surface area contributed by atoms with Crippen molar-refractivity contribution in [3.63, 3.8) is 0 Å². The van der Waals surface area contributed by atoms with Crippen molar-refractivity contribution < 1.29 is 0 Å². The Balaban J connectivity index is 2.18. The highest BCUT2D eigenvalue weighted by Gasteiger charge is 2.43. The number of hydrogen-bond acceptors (Lipinski definition) is 1. The van der Waals surface area contributed by atoms with E-state index in [4.69, 9.17) is 17.3 Å². The molecule has 1 aromatic rings. The van der Waals surface area contributed by atoms with Gasteiger partial charge in [-0.1, -0.05) is 37.1 Å². The molecule has 2 N–H and O–H groups in total. The zero-order valence-corrected chi connectivity index (χ0v) is 9.93. The van der Waals surface area contributed by atoms with Gasteiger partial charge in [0.05, 0.1) is 0 Å². The molecule has 0 bridgehead atoms. The number of halogens is 1. The molecule has 0 unspecified atom stereocenters. The van der Waals surface area contributed by atoms with E-state index in [0.717, 1.165) is 17.5 Å². The van der Waals surface area contributed by atoms with Crippen molar-refractivity contribution in [2.75, 3.05) is 6.54 Å². The van der Waals surface area contributed by atoms with E-state index < -0.39 is 0 Å². The normalized spacial score (nSPS) is 29.9. The van der Waals surface area contributed by atoms with Crippen LogP contribution < -0.4 is 5.73 Å². The van der Waals surface area contributed by atoms with Gasteiger partial charge in [0.1, 0.15) is 0 Å². The first kappa shape index (κ1) is 11.0. The van der Waals surface area contributed by atoms with Gasteiger partial charge in [0.25, 0.3) is 0 Å². The highest BCUT2D eigenvalue weighted by Crippen LogP contribution is 2.48. The van der Waals surface area contributed by atoms with E-state index in [-0.39, 0.29) is 5.41 Å². The van der Waals surface area contributed by atoms with Crippen LogP contribution in [0.15, 0.2) is 24.3 Å². The van der Waals surface area contributed by atoms with E-state index in [2.05, 4.69) is 19.1 Å². The Labute approximate surface area is 96.6 Å². The van der Waals surface area contributed by atoms with Crippen LogP contribution >= 0.6 is 11.6 Å². The minimum absolute atomic E-state index is 0.241. The molecule has 1 aliphatic carbocycles.